The highest BCUT2D eigenvalue weighted by molar-refractivity contribution is 6.15. The van der Waals surface area contributed by atoms with Crippen molar-refractivity contribution in [2.75, 3.05) is 0 Å². The van der Waals surface area contributed by atoms with E-state index in [0.717, 1.165) is 38.5 Å². The first-order chi connectivity index (χ1) is 16.1. The predicted octanol–water partition coefficient (Wildman–Crippen LogP) is 7.50. The van der Waals surface area contributed by atoms with Gasteiger partial charge in [0.25, 0.3) is 0 Å². The molecule has 0 amide bonds. The van der Waals surface area contributed by atoms with Crippen LogP contribution in [0.2, 0.25) is 0 Å². The third-order valence-corrected chi connectivity index (χ3v) is 6.79. The van der Waals surface area contributed by atoms with Gasteiger partial charge in [-0.15, -0.1) is 0 Å². The summed E-state index contributed by atoms with van der Waals surface area (Å²) in [6.07, 6.45) is 15.0. The number of hydrogen-bond acceptors (Lipinski definition) is 3. The van der Waals surface area contributed by atoms with Gasteiger partial charge in [0.1, 0.15) is 0 Å². The Morgan fingerprint density at radius 1 is 0.606 bits per heavy atom. The lowest BCUT2D eigenvalue weighted by molar-refractivity contribution is 0.0692. The van der Waals surface area contributed by atoms with E-state index in [1.165, 1.54) is 57.1 Å². The molecular weight excluding hydrogens is 412 g/mol. The summed E-state index contributed by atoms with van der Waals surface area (Å²) in [7, 11) is 0. The van der Waals surface area contributed by atoms with Crippen LogP contribution in [0.3, 0.4) is 0 Å². The Bertz CT molecular complexity index is 918. The van der Waals surface area contributed by atoms with E-state index in [4.69, 9.17) is 0 Å². The van der Waals surface area contributed by atoms with Gasteiger partial charge < -0.3 is 5.11 Å². The van der Waals surface area contributed by atoms with Gasteiger partial charge in [0.15, 0.2) is 11.6 Å². The number of benzene rings is 2. The van der Waals surface area contributed by atoms with E-state index < -0.39 is 5.97 Å². The maximum atomic E-state index is 13.4. The number of carboxylic acid groups (broad SMARTS) is 1. The highest BCUT2D eigenvalue weighted by Gasteiger charge is 2.24. The molecule has 2 aromatic carbocycles. The lowest BCUT2D eigenvalue weighted by atomic mass is 9.86. The van der Waals surface area contributed by atoms with E-state index in [0.29, 0.717) is 11.1 Å². The highest BCUT2D eigenvalue weighted by atomic mass is 16.4. The van der Waals surface area contributed by atoms with Crippen LogP contribution in [0.4, 0.5) is 0 Å². The number of carbonyl (C=O) groups excluding carboxylic acids is 2. The zero-order valence-electron chi connectivity index (χ0n) is 19.6. The van der Waals surface area contributed by atoms with Crippen LogP contribution >= 0.6 is 0 Å². The molecule has 0 spiro atoms. The molecule has 3 rings (SSSR count). The Hall–Kier alpha value is -2.75. The van der Waals surface area contributed by atoms with Crippen LogP contribution in [-0.2, 0) is 0 Å². The van der Waals surface area contributed by atoms with E-state index in [1.807, 2.05) is 6.07 Å². The first kappa shape index (κ1) is 24.9. The molecule has 1 aliphatic carbocycles. The Kier molecular flexibility index (Phi) is 9.86. The van der Waals surface area contributed by atoms with E-state index in [2.05, 4.69) is 0 Å². The first-order valence-electron chi connectivity index (χ1n) is 12.6. The second kappa shape index (κ2) is 13.1. The molecule has 4 nitrogen and oxygen atoms in total. The summed E-state index contributed by atoms with van der Waals surface area (Å²) >= 11 is 0. The summed E-state index contributed by atoms with van der Waals surface area (Å²) in [6, 6.07) is 13.2. The quantitative estimate of drug-likeness (QED) is 0.481. The summed E-state index contributed by atoms with van der Waals surface area (Å²) < 4.78 is 0. The first-order valence-corrected chi connectivity index (χ1v) is 12.6. The number of ketones is 2. The van der Waals surface area contributed by atoms with Gasteiger partial charge in [0.2, 0.25) is 0 Å². The van der Waals surface area contributed by atoms with Crippen LogP contribution in [0, 0.1) is 5.92 Å². The predicted molar refractivity (Wildman–Crippen MR) is 131 cm³/mol. The normalized spacial score (nSPS) is 17.1. The van der Waals surface area contributed by atoms with Gasteiger partial charge in [-0.05, 0) is 25.0 Å². The van der Waals surface area contributed by atoms with Crippen LogP contribution < -0.4 is 0 Å². The molecule has 1 aliphatic rings. The minimum atomic E-state index is -1.19. The van der Waals surface area contributed by atoms with Crippen molar-refractivity contribution in [3.63, 3.8) is 0 Å². The number of rotatable bonds is 5. The number of hydrogen-bond donors (Lipinski definition) is 1. The number of Topliss-reactive ketones (excluding diaryl/α,β-unsaturated/α-hetero) is 1. The molecule has 0 aliphatic heterocycles. The van der Waals surface area contributed by atoms with Crippen LogP contribution in [0.15, 0.2) is 48.5 Å². The maximum Gasteiger partial charge on any atom is 0.336 e. The summed E-state index contributed by atoms with van der Waals surface area (Å²) in [5, 5.41) is 9.77. The fourth-order valence-electron chi connectivity index (χ4n) is 4.83. The van der Waals surface area contributed by atoms with Crippen molar-refractivity contribution in [2.24, 2.45) is 5.92 Å². The van der Waals surface area contributed by atoms with Crippen LogP contribution in [0.5, 0.6) is 0 Å². The maximum absolute atomic E-state index is 13.4. The Labute approximate surface area is 197 Å². The third-order valence-electron chi connectivity index (χ3n) is 6.79. The molecule has 0 atom stereocenters. The van der Waals surface area contributed by atoms with Crippen molar-refractivity contribution < 1.29 is 19.5 Å². The van der Waals surface area contributed by atoms with Crippen LogP contribution in [0.1, 0.15) is 120 Å². The topological polar surface area (TPSA) is 71.4 Å². The fraction of sp³-hybridized carbons (Fsp3) is 0.483. The van der Waals surface area contributed by atoms with Gasteiger partial charge >= 0.3 is 5.97 Å². The van der Waals surface area contributed by atoms with E-state index in [-0.39, 0.29) is 28.6 Å². The minimum absolute atomic E-state index is 0.0169. The summed E-state index contributed by atoms with van der Waals surface area (Å²) in [6.45, 7) is 0. The Morgan fingerprint density at radius 3 is 1.64 bits per heavy atom. The monoisotopic (exact) mass is 448 g/mol. The molecule has 0 unspecified atom stereocenters. The number of carboxylic acids is 1. The van der Waals surface area contributed by atoms with Crippen LogP contribution in [-0.4, -0.2) is 22.6 Å². The molecule has 0 saturated heterocycles. The Balaban J connectivity index is 1.77. The molecule has 0 bridgehead atoms. The lowest BCUT2D eigenvalue weighted by Gasteiger charge is -2.17. The fourth-order valence-corrected chi connectivity index (χ4v) is 4.83. The molecule has 0 heterocycles. The highest BCUT2D eigenvalue weighted by Crippen LogP contribution is 2.26. The Morgan fingerprint density at radius 2 is 1.12 bits per heavy atom. The molecular formula is C29H36O4. The average Bonchev–Trinajstić information content (AvgIpc) is 2.84. The summed E-state index contributed by atoms with van der Waals surface area (Å²) in [5.41, 5.74) is 0.861. The lowest BCUT2D eigenvalue weighted by Crippen LogP contribution is -2.17. The van der Waals surface area contributed by atoms with Gasteiger partial charge in [-0.1, -0.05) is 107 Å². The molecule has 176 valence electrons. The van der Waals surface area contributed by atoms with Gasteiger partial charge in [-0.3, -0.25) is 9.59 Å². The zero-order chi connectivity index (χ0) is 23.5. The van der Waals surface area contributed by atoms with Crippen molar-refractivity contribution in [3.8, 4) is 0 Å². The molecule has 1 fully saturated rings. The van der Waals surface area contributed by atoms with Gasteiger partial charge in [-0.25, -0.2) is 4.79 Å². The molecule has 4 heteroatoms. The van der Waals surface area contributed by atoms with Crippen LogP contribution in [0.25, 0.3) is 0 Å². The van der Waals surface area contributed by atoms with Gasteiger partial charge in [0.05, 0.1) is 5.56 Å². The van der Waals surface area contributed by atoms with Gasteiger partial charge in [0, 0.05) is 22.6 Å². The van der Waals surface area contributed by atoms with Crippen molar-refractivity contribution >= 4 is 17.5 Å². The summed E-state index contributed by atoms with van der Waals surface area (Å²) in [4.78, 5) is 38.2. The molecule has 1 saturated carbocycles. The standard InChI is InChI=1S/C29H36O4/c30-27(22-15-11-8-6-4-2-1-3-5-7-9-12-16-22)24-19-20-25(26(21-24)29(32)33)28(31)23-17-13-10-14-18-23/h10,13-14,17-22H,1-9,11-12,15-16H2,(H,32,33). The SMILES string of the molecule is O=C(O)c1cc(C(=O)C2CCCCCCCCCCCCC2)ccc1C(=O)c1ccccc1. The number of carbonyl (C=O) groups is 3. The third kappa shape index (κ3) is 7.38. The number of aromatic carboxylic acids is 1. The molecule has 1 N–H and O–H groups in total. The molecule has 2 aromatic rings. The zero-order valence-corrected chi connectivity index (χ0v) is 19.6. The smallest absolute Gasteiger partial charge is 0.336 e. The average molecular weight is 449 g/mol. The van der Waals surface area contributed by atoms with Crippen molar-refractivity contribution in [1.29, 1.82) is 0 Å². The minimum Gasteiger partial charge on any atom is -0.478 e. The molecule has 0 aromatic heterocycles. The van der Waals surface area contributed by atoms with E-state index >= 15 is 0 Å². The molecule has 0 radical (unpaired) electrons. The largest absolute Gasteiger partial charge is 0.478 e. The van der Waals surface area contributed by atoms with E-state index in [9.17, 15) is 19.5 Å². The second-order valence-electron chi connectivity index (χ2n) is 9.29. The second-order valence-corrected chi connectivity index (χ2v) is 9.29. The van der Waals surface area contributed by atoms with E-state index in [1.54, 1.807) is 30.3 Å². The molecule has 33 heavy (non-hydrogen) atoms. The van der Waals surface area contributed by atoms with Gasteiger partial charge in [-0.2, -0.15) is 0 Å². The van der Waals surface area contributed by atoms with Crippen molar-refractivity contribution in [2.45, 2.75) is 83.5 Å². The van der Waals surface area contributed by atoms with Crippen molar-refractivity contribution in [3.05, 3.63) is 70.8 Å². The summed E-state index contributed by atoms with van der Waals surface area (Å²) in [5.74, 6) is -1.59. The van der Waals surface area contributed by atoms with Crippen molar-refractivity contribution in [1.82, 2.24) is 0 Å².